The summed E-state index contributed by atoms with van der Waals surface area (Å²) in [6.07, 6.45) is 1.87. The summed E-state index contributed by atoms with van der Waals surface area (Å²) in [7, 11) is 1.39. The van der Waals surface area contributed by atoms with Crippen molar-refractivity contribution in [1.82, 2.24) is 9.55 Å². The van der Waals surface area contributed by atoms with Gasteiger partial charge < -0.3 is 9.30 Å². The maximum atomic E-state index is 11.5. The molecule has 0 spiro atoms. The molecule has 0 amide bonds. The predicted molar refractivity (Wildman–Crippen MR) is 97.5 cm³/mol. The molecule has 0 fully saturated rings. The van der Waals surface area contributed by atoms with E-state index in [9.17, 15) is 4.79 Å². The SMILES string of the molecule is C=CCSc1nc2ccccc2n1Cc1ccc(C(=O)OC)cc1. The van der Waals surface area contributed by atoms with Gasteiger partial charge >= 0.3 is 5.97 Å². The number of nitrogens with zero attached hydrogens (tertiary/aromatic N) is 2. The number of para-hydroxylation sites is 2. The molecule has 3 aromatic rings. The van der Waals surface area contributed by atoms with Gasteiger partial charge in [0.25, 0.3) is 0 Å². The molecule has 122 valence electrons. The molecule has 1 aromatic heterocycles. The normalized spacial score (nSPS) is 10.7. The fourth-order valence-electron chi connectivity index (χ4n) is 2.50. The number of methoxy groups -OCH3 is 1. The first-order chi connectivity index (χ1) is 11.7. The Balaban J connectivity index is 1.93. The van der Waals surface area contributed by atoms with Crippen LogP contribution < -0.4 is 0 Å². The molecule has 1 heterocycles. The van der Waals surface area contributed by atoms with Crippen molar-refractivity contribution in [3.63, 3.8) is 0 Å². The average Bonchev–Trinajstić information content (AvgIpc) is 2.97. The lowest BCUT2D eigenvalue weighted by atomic mass is 10.1. The van der Waals surface area contributed by atoms with E-state index in [4.69, 9.17) is 9.72 Å². The quantitative estimate of drug-likeness (QED) is 0.385. The van der Waals surface area contributed by atoms with Crippen LogP contribution >= 0.6 is 11.8 Å². The van der Waals surface area contributed by atoms with E-state index >= 15 is 0 Å². The zero-order valence-corrected chi connectivity index (χ0v) is 14.3. The Morgan fingerprint density at radius 1 is 1.25 bits per heavy atom. The van der Waals surface area contributed by atoms with Gasteiger partial charge in [0.15, 0.2) is 5.16 Å². The highest BCUT2D eigenvalue weighted by atomic mass is 32.2. The Hall–Kier alpha value is -2.53. The van der Waals surface area contributed by atoms with Gasteiger partial charge in [0.1, 0.15) is 0 Å². The lowest BCUT2D eigenvalue weighted by molar-refractivity contribution is 0.0600. The van der Waals surface area contributed by atoms with Crippen molar-refractivity contribution in [3.8, 4) is 0 Å². The highest BCUT2D eigenvalue weighted by Crippen LogP contribution is 2.25. The molecular formula is C19H18N2O2S. The first kappa shape index (κ1) is 16.3. The van der Waals surface area contributed by atoms with E-state index in [-0.39, 0.29) is 5.97 Å². The van der Waals surface area contributed by atoms with Crippen LogP contribution in [-0.2, 0) is 11.3 Å². The first-order valence-corrected chi connectivity index (χ1v) is 8.57. The van der Waals surface area contributed by atoms with Crippen LogP contribution in [0.3, 0.4) is 0 Å². The summed E-state index contributed by atoms with van der Waals surface area (Å²) < 4.78 is 6.93. The molecular weight excluding hydrogens is 320 g/mol. The maximum absolute atomic E-state index is 11.5. The molecule has 24 heavy (non-hydrogen) atoms. The molecule has 0 N–H and O–H groups in total. The minimum absolute atomic E-state index is 0.322. The number of hydrogen-bond donors (Lipinski definition) is 0. The van der Waals surface area contributed by atoms with Gasteiger partial charge in [-0.25, -0.2) is 9.78 Å². The van der Waals surface area contributed by atoms with Crippen LogP contribution in [0.25, 0.3) is 11.0 Å². The van der Waals surface area contributed by atoms with Crippen LogP contribution in [0.5, 0.6) is 0 Å². The largest absolute Gasteiger partial charge is 0.465 e. The summed E-state index contributed by atoms with van der Waals surface area (Å²) in [4.78, 5) is 16.2. The van der Waals surface area contributed by atoms with Gasteiger partial charge in [0.05, 0.1) is 30.3 Å². The molecule has 0 unspecified atom stereocenters. The van der Waals surface area contributed by atoms with Crippen molar-refractivity contribution in [2.45, 2.75) is 11.7 Å². The van der Waals surface area contributed by atoms with Crippen molar-refractivity contribution in [1.29, 1.82) is 0 Å². The van der Waals surface area contributed by atoms with E-state index in [0.717, 1.165) is 27.5 Å². The molecule has 0 aliphatic carbocycles. The van der Waals surface area contributed by atoms with Crippen molar-refractivity contribution in [2.75, 3.05) is 12.9 Å². The number of carbonyl (C=O) groups is 1. The molecule has 0 saturated carbocycles. The average molecular weight is 338 g/mol. The second kappa shape index (κ2) is 7.36. The van der Waals surface area contributed by atoms with Crippen LogP contribution in [0, 0.1) is 0 Å². The number of ether oxygens (including phenoxy) is 1. The van der Waals surface area contributed by atoms with Gasteiger partial charge in [0, 0.05) is 5.75 Å². The summed E-state index contributed by atoms with van der Waals surface area (Å²) in [6, 6.07) is 15.6. The molecule has 0 bridgehead atoms. The topological polar surface area (TPSA) is 44.1 Å². The molecule has 0 saturated heterocycles. The van der Waals surface area contributed by atoms with Gasteiger partial charge in [0.2, 0.25) is 0 Å². The summed E-state index contributed by atoms with van der Waals surface area (Å²) in [5, 5.41) is 0.966. The Morgan fingerprint density at radius 3 is 2.71 bits per heavy atom. The van der Waals surface area contributed by atoms with Gasteiger partial charge in [-0.3, -0.25) is 0 Å². The maximum Gasteiger partial charge on any atom is 0.337 e. The third kappa shape index (κ3) is 3.36. The van der Waals surface area contributed by atoms with Crippen molar-refractivity contribution < 1.29 is 9.53 Å². The second-order valence-corrected chi connectivity index (χ2v) is 6.24. The molecule has 0 aliphatic rings. The molecule has 4 nitrogen and oxygen atoms in total. The Bertz CT molecular complexity index is 869. The van der Waals surface area contributed by atoms with Gasteiger partial charge in [-0.2, -0.15) is 0 Å². The van der Waals surface area contributed by atoms with Crippen LogP contribution in [-0.4, -0.2) is 28.4 Å². The molecule has 0 atom stereocenters. The second-order valence-electron chi connectivity index (χ2n) is 5.26. The Labute approximate surface area is 145 Å². The van der Waals surface area contributed by atoms with Crippen molar-refractivity contribution >= 4 is 28.8 Å². The number of rotatable bonds is 6. The van der Waals surface area contributed by atoms with E-state index in [1.165, 1.54) is 7.11 Å². The van der Waals surface area contributed by atoms with Gasteiger partial charge in [-0.05, 0) is 29.8 Å². The van der Waals surface area contributed by atoms with E-state index in [2.05, 4.69) is 17.2 Å². The fraction of sp³-hybridized carbons (Fsp3) is 0.158. The molecule has 0 aliphatic heterocycles. The number of benzene rings is 2. The molecule has 2 aromatic carbocycles. The fourth-order valence-corrected chi connectivity index (χ4v) is 3.25. The number of imidazole rings is 1. The minimum Gasteiger partial charge on any atom is -0.465 e. The predicted octanol–water partition coefficient (Wildman–Crippen LogP) is 4.15. The van der Waals surface area contributed by atoms with Crippen molar-refractivity contribution in [2.24, 2.45) is 0 Å². The number of esters is 1. The van der Waals surface area contributed by atoms with E-state index < -0.39 is 0 Å². The molecule has 0 radical (unpaired) electrons. The van der Waals surface area contributed by atoms with E-state index in [1.54, 1.807) is 23.9 Å². The van der Waals surface area contributed by atoms with Crippen molar-refractivity contribution in [3.05, 3.63) is 72.3 Å². The highest BCUT2D eigenvalue weighted by Gasteiger charge is 2.11. The van der Waals surface area contributed by atoms with Crippen LogP contribution in [0.1, 0.15) is 15.9 Å². The van der Waals surface area contributed by atoms with Gasteiger partial charge in [-0.15, -0.1) is 6.58 Å². The summed E-state index contributed by atoms with van der Waals surface area (Å²) in [5.41, 5.74) is 3.74. The first-order valence-electron chi connectivity index (χ1n) is 7.59. The summed E-state index contributed by atoms with van der Waals surface area (Å²) in [6.45, 7) is 4.47. The summed E-state index contributed by atoms with van der Waals surface area (Å²) >= 11 is 1.66. The molecule has 3 rings (SSSR count). The lowest BCUT2D eigenvalue weighted by Gasteiger charge is -2.09. The van der Waals surface area contributed by atoms with Crippen LogP contribution in [0.15, 0.2) is 66.3 Å². The number of aromatic nitrogens is 2. The third-order valence-electron chi connectivity index (χ3n) is 3.67. The number of thioether (sulfide) groups is 1. The molecule has 5 heteroatoms. The summed E-state index contributed by atoms with van der Waals surface area (Å²) in [5.74, 6) is 0.488. The highest BCUT2D eigenvalue weighted by molar-refractivity contribution is 7.99. The number of carbonyl (C=O) groups excluding carboxylic acids is 1. The Kier molecular flexibility index (Phi) is 5.01. The zero-order valence-electron chi connectivity index (χ0n) is 13.4. The minimum atomic E-state index is -0.322. The van der Waals surface area contributed by atoms with E-state index in [0.29, 0.717) is 12.1 Å². The smallest absolute Gasteiger partial charge is 0.337 e. The van der Waals surface area contributed by atoms with Crippen LogP contribution in [0.2, 0.25) is 0 Å². The third-order valence-corrected chi connectivity index (χ3v) is 4.64. The lowest BCUT2D eigenvalue weighted by Crippen LogP contribution is -2.04. The Morgan fingerprint density at radius 2 is 2.00 bits per heavy atom. The number of hydrogen-bond acceptors (Lipinski definition) is 4. The van der Waals surface area contributed by atoms with E-state index in [1.807, 2.05) is 36.4 Å². The van der Waals surface area contributed by atoms with Crippen LogP contribution in [0.4, 0.5) is 0 Å². The monoisotopic (exact) mass is 338 g/mol. The zero-order chi connectivity index (χ0) is 16.9. The van der Waals surface area contributed by atoms with Gasteiger partial charge in [-0.1, -0.05) is 42.1 Å². The number of fused-ring (bicyclic) bond motifs is 1. The standard InChI is InChI=1S/C19H18N2O2S/c1-3-12-24-19-20-16-6-4-5-7-17(16)21(19)13-14-8-10-15(11-9-14)18(22)23-2/h3-11H,1,12-13H2,2H3.